The summed E-state index contributed by atoms with van der Waals surface area (Å²) in [6.45, 7) is 0.752. The average molecular weight is 381 g/mol. The number of aliphatic hydroxyl groups excluding tert-OH is 1. The SMILES string of the molecule is COCC(=O)N1CC2(C1)[C@H](c1ccccc1)[C@H](CO)N2C(=O)c1ccncc1. The van der Waals surface area contributed by atoms with Crippen LogP contribution in [0.4, 0.5) is 0 Å². The number of methoxy groups -OCH3 is 1. The highest BCUT2D eigenvalue weighted by Gasteiger charge is 2.68. The maximum atomic E-state index is 13.2. The summed E-state index contributed by atoms with van der Waals surface area (Å²) in [6, 6.07) is 12.9. The predicted octanol–water partition coefficient (Wildman–Crippen LogP) is 0.909. The van der Waals surface area contributed by atoms with Crippen LogP contribution in [0.15, 0.2) is 54.9 Å². The number of carbonyl (C=O) groups excluding carboxylic acids is 2. The fraction of sp³-hybridized carbons (Fsp3) is 0.381. The highest BCUT2D eigenvalue weighted by molar-refractivity contribution is 5.96. The summed E-state index contributed by atoms with van der Waals surface area (Å²) >= 11 is 0. The van der Waals surface area contributed by atoms with Gasteiger partial charge >= 0.3 is 0 Å². The van der Waals surface area contributed by atoms with Crippen molar-refractivity contribution in [2.45, 2.75) is 17.5 Å². The number of aliphatic hydroxyl groups is 1. The smallest absolute Gasteiger partial charge is 0.254 e. The minimum absolute atomic E-state index is 0.0216. The monoisotopic (exact) mass is 381 g/mol. The van der Waals surface area contributed by atoms with Gasteiger partial charge < -0.3 is 19.6 Å². The number of likely N-dealkylation sites (tertiary alicyclic amines) is 2. The molecule has 0 saturated carbocycles. The Morgan fingerprint density at radius 1 is 1.18 bits per heavy atom. The van der Waals surface area contributed by atoms with Crippen molar-refractivity contribution in [2.75, 3.05) is 33.4 Å². The lowest BCUT2D eigenvalue weighted by atomic mass is 9.60. The number of aromatic nitrogens is 1. The number of carbonyl (C=O) groups is 2. The van der Waals surface area contributed by atoms with Gasteiger partial charge in [-0.1, -0.05) is 30.3 Å². The number of nitrogens with zero attached hydrogens (tertiary/aromatic N) is 3. The number of ether oxygens (including phenoxy) is 1. The van der Waals surface area contributed by atoms with E-state index in [1.165, 1.54) is 7.11 Å². The molecule has 2 amide bonds. The van der Waals surface area contributed by atoms with Gasteiger partial charge in [0.05, 0.1) is 18.2 Å². The minimum atomic E-state index is -0.515. The molecule has 2 aliphatic rings. The Morgan fingerprint density at radius 2 is 1.86 bits per heavy atom. The molecule has 1 spiro atoms. The Balaban J connectivity index is 1.67. The molecule has 7 heteroatoms. The third kappa shape index (κ3) is 2.78. The van der Waals surface area contributed by atoms with Gasteiger partial charge in [-0.25, -0.2) is 0 Å². The van der Waals surface area contributed by atoms with E-state index in [9.17, 15) is 14.7 Å². The van der Waals surface area contributed by atoms with E-state index < -0.39 is 5.54 Å². The average Bonchev–Trinajstić information content (AvgIpc) is 2.68. The zero-order valence-corrected chi connectivity index (χ0v) is 15.7. The second kappa shape index (κ2) is 7.33. The Bertz CT molecular complexity index is 852. The molecule has 1 aromatic heterocycles. The number of amides is 2. The third-order valence-corrected chi connectivity index (χ3v) is 5.82. The molecule has 2 atom stereocenters. The van der Waals surface area contributed by atoms with E-state index in [0.29, 0.717) is 18.7 Å². The van der Waals surface area contributed by atoms with Crippen LogP contribution >= 0.6 is 0 Å². The standard InChI is InChI=1S/C21H23N3O4/c1-28-12-18(26)23-13-21(14-23)19(15-5-3-2-4-6-15)17(11-25)24(21)20(27)16-7-9-22-10-8-16/h2-10,17,19,25H,11-14H2,1H3/t17-,19+/m0/s1. The van der Waals surface area contributed by atoms with Gasteiger partial charge in [0, 0.05) is 44.1 Å². The first-order chi connectivity index (χ1) is 13.6. The minimum Gasteiger partial charge on any atom is -0.394 e. The van der Waals surface area contributed by atoms with E-state index in [0.717, 1.165) is 5.56 Å². The van der Waals surface area contributed by atoms with Crippen LogP contribution in [-0.2, 0) is 9.53 Å². The van der Waals surface area contributed by atoms with Gasteiger partial charge in [-0.05, 0) is 17.7 Å². The molecule has 0 radical (unpaired) electrons. The second-order valence-electron chi connectivity index (χ2n) is 7.34. The molecule has 2 saturated heterocycles. The van der Waals surface area contributed by atoms with Crippen LogP contribution in [0, 0.1) is 0 Å². The van der Waals surface area contributed by atoms with Crippen molar-refractivity contribution in [3.05, 3.63) is 66.0 Å². The molecule has 7 nitrogen and oxygen atoms in total. The summed E-state index contributed by atoms with van der Waals surface area (Å²) in [4.78, 5) is 32.9. The molecule has 28 heavy (non-hydrogen) atoms. The Morgan fingerprint density at radius 3 is 2.46 bits per heavy atom. The third-order valence-electron chi connectivity index (χ3n) is 5.82. The van der Waals surface area contributed by atoms with Crippen LogP contribution in [0.2, 0.25) is 0 Å². The molecule has 2 aliphatic heterocycles. The maximum Gasteiger partial charge on any atom is 0.254 e. The first-order valence-corrected chi connectivity index (χ1v) is 9.28. The number of hydrogen-bond acceptors (Lipinski definition) is 5. The zero-order valence-electron chi connectivity index (χ0n) is 15.7. The quantitative estimate of drug-likeness (QED) is 0.832. The summed E-state index contributed by atoms with van der Waals surface area (Å²) in [7, 11) is 1.49. The number of hydrogen-bond donors (Lipinski definition) is 1. The van der Waals surface area contributed by atoms with Gasteiger partial charge in [0.2, 0.25) is 5.91 Å². The topological polar surface area (TPSA) is 83.0 Å². The predicted molar refractivity (Wildman–Crippen MR) is 102 cm³/mol. The molecular weight excluding hydrogens is 358 g/mol. The van der Waals surface area contributed by atoms with Crippen molar-refractivity contribution in [2.24, 2.45) is 0 Å². The highest BCUT2D eigenvalue weighted by atomic mass is 16.5. The van der Waals surface area contributed by atoms with E-state index in [1.54, 1.807) is 34.3 Å². The zero-order chi connectivity index (χ0) is 19.7. The largest absolute Gasteiger partial charge is 0.394 e. The van der Waals surface area contributed by atoms with Crippen LogP contribution < -0.4 is 0 Å². The molecule has 0 bridgehead atoms. The molecule has 146 valence electrons. The molecule has 1 aromatic carbocycles. The van der Waals surface area contributed by atoms with Crippen molar-refractivity contribution in [1.82, 2.24) is 14.8 Å². The van der Waals surface area contributed by atoms with Crippen molar-refractivity contribution in [1.29, 1.82) is 0 Å². The fourth-order valence-corrected chi connectivity index (χ4v) is 4.63. The van der Waals surface area contributed by atoms with Crippen LogP contribution in [0.25, 0.3) is 0 Å². The Kier molecular flexibility index (Phi) is 4.87. The molecule has 4 rings (SSSR count). The highest BCUT2D eigenvalue weighted by Crippen LogP contribution is 2.54. The van der Waals surface area contributed by atoms with E-state index in [2.05, 4.69) is 4.98 Å². The lowest BCUT2D eigenvalue weighted by Crippen LogP contribution is -2.86. The van der Waals surface area contributed by atoms with Crippen LogP contribution in [0.5, 0.6) is 0 Å². The maximum absolute atomic E-state index is 13.2. The van der Waals surface area contributed by atoms with Crippen molar-refractivity contribution < 1.29 is 19.4 Å². The van der Waals surface area contributed by atoms with Crippen LogP contribution in [0.3, 0.4) is 0 Å². The van der Waals surface area contributed by atoms with Gasteiger partial charge in [0.25, 0.3) is 5.91 Å². The number of pyridine rings is 1. The van der Waals surface area contributed by atoms with Gasteiger partial charge in [0.15, 0.2) is 0 Å². The molecular formula is C21H23N3O4. The summed E-state index contributed by atoms with van der Waals surface area (Å²) in [5, 5.41) is 10.1. The summed E-state index contributed by atoms with van der Waals surface area (Å²) in [5.41, 5.74) is 1.08. The number of benzene rings is 1. The van der Waals surface area contributed by atoms with Crippen molar-refractivity contribution in [3.63, 3.8) is 0 Å². The molecule has 1 N–H and O–H groups in total. The van der Waals surface area contributed by atoms with E-state index in [1.807, 2.05) is 30.3 Å². The van der Waals surface area contributed by atoms with Gasteiger partial charge in [-0.3, -0.25) is 14.6 Å². The van der Waals surface area contributed by atoms with E-state index in [-0.39, 0.29) is 37.0 Å². The normalized spacial score (nSPS) is 22.5. The second-order valence-corrected chi connectivity index (χ2v) is 7.34. The lowest BCUT2D eigenvalue weighted by Gasteiger charge is -2.70. The van der Waals surface area contributed by atoms with Crippen LogP contribution in [-0.4, -0.2) is 76.7 Å². The van der Waals surface area contributed by atoms with Gasteiger partial charge in [0.1, 0.15) is 6.61 Å². The van der Waals surface area contributed by atoms with Gasteiger partial charge in [-0.2, -0.15) is 0 Å². The van der Waals surface area contributed by atoms with Crippen molar-refractivity contribution >= 4 is 11.8 Å². The van der Waals surface area contributed by atoms with E-state index in [4.69, 9.17) is 4.74 Å². The molecule has 3 heterocycles. The van der Waals surface area contributed by atoms with Crippen LogP contribution in [0.1, 0.15) is 21.8 Å². The molecule has 0 unspecified atom stereocenters. The fourth-order valence-electron chi connectivity index (χ4n) is 4.63. The summed E-state index contributed by atoms with van der Waals surface area (Å²) in [6.07, 6.45) is 3.16. The number of rotatable bonds is 5. The first-order valence-electron chi connectivity index (χ1n) is 9.28. The summed E-state index contributed by atoms with van der Waals surface area (Å²) in [5.74, 6) is -0.271. The Hall–Kier alpha value is -2.77. The first kappa shape index (κ1) is 18.6. The van der Waals surface area contributed by atoms with Crippen molar-refractivity contribution in [3.8, 4) is 0 Å². The molecule has 0 aliphatic carbocycles. The van der Waals surface area contributed by atoms with E-state index >= 15 is 0 Å². The Labute approximate surface area is 163 Å². The van der Waals surface area contributed by atoms with Gasteiger partial charge in [-0.15, -0.1) is 0 Å². The molecule has 2 fully saturated rings. The summed E-state index contributed by atoms with van der Waals surface area (Å²) < 4.78 is 4.96. The lowest BCUT2D eigenvalue weighted by molar-refractivity contribution is -0.180. The molecule has 2 aromatic rings.